The number of esters is 1. The fourth-order valence-electron chi connectivity index (χ4n) is 2.05. The molecule has 2 rings (SSSR count). The van der Waals surface area contributed by atoms with Crippen molar-refractivity contribution in [1.29, 1.82) is 0 Å². The van der Waals surface area contributed by atoms with Crippen LogP contribution in [0, 0.1) is 0 Å². The number of rotatable bonds is 6. The molecule has 0 radical (unpaired) electrons. The number of nitrogens with one attached hydrogen (secondary N) is 1. The quantitative estimate of drug-likeness (QED) is 0.628. The molecule has 1 N–H and O–H groups in total. The Hall–Kier alpha value is -2.54. The zero-order valence-electron chi connectivity index (χ0n) is 14.5. The van der Waals surface area contributed by atoms with Gasteiger partial charge in [-0.05, 0) is 32.0 Å². The molecule has 1 heterocycles. The lowest BCUT2D eigenvalue weighted by molar-refractivity contribution is -0.117. The molecular formula is C18H20N2O4S. The molecule has 0 fully saturated rings. The molecule has 0 spiro atoms. The molecule has 1 amide bonds. The van der Waals surface area contributed by atoms with Gasteiger partial charge in [-0.25, -0.2) is 9.78 Å². The fourth-order valence-corrected chi connectivity index (χ4v) is 3.08. The van der Waals surface area contributed by atoms with Gasteiger partial charge in [0.2, 0.25) is 11.8 Å². The van der Waals surface area contributed by atoms with E-state index in [0.717, 1.165) is 4.90 Å². The summed E-state index contributed by atoms with van der Waals surface area (Å²) in [5.74, 6) is -0.648. The first-order valence-corrected chi connectivity index (χ1v) is 8.37. The largest absolute Gasteiger partial charge is 0.480 e. The van der Waals surface area contributed by atoms with Crippen LogP contribution in [0.2, 0.25) is 0 Å². The van der Waals surface area contributed by atoms with Crippen molar-refractivity contribution in [2.24, 2.45) is 0 Å². The van der Waals surface area contributed by atoms with Crippen molar-refractivity contribution in [1.82, 2.24) is 4.98 Å². The Kier molecular flexibility index (Phi) is 6.03. The number of anilines is 1. The molecule has 25 heavy (non-hydrogen) atoms. The van der Waals surface area contributed by atoms with E-state index in [1.807, 2.05) is 44.2 Å². The minimum Gasteiger partial charge on any atom is -0.480 e. The van der Waals surface area contributed by atoms with Crippen LogP contribution in [-0.2, 0) is 9.53 Å². The van der Waals surface area contributed by atoms with Crippen LogP contribution >= 0.6 is 11.8 Å². The summed E-state index contributed by atoms with van der Waals surface area (Å²) in [7, 11) is 2.68. The molecule has 0 saturated carbocycles. The van der Waals surface area contributed by atoms with Gasteiger partial charge in [-0.3, -0.25) is 4.79 Å². The average molecular weight is 360 g/mol. The van der Waals surface area contributed by atoms with Gasteiger partial charge < -0.3 is 14.8 Å². The van der Waals surface area contributed by atoms with Crippen LogP contribution in [-0.4, -0.2) is 35.8 Å². The highest BCUT2D eigenvalue weighted by Gasteiger charge is 2.29. The number of carbonyl (C=O) groups excluding carboxylic acids is 2. The third-order valence-corrected chi connectivity index (χ3v) is 4.57. The first-order chi connectivity index (χ1) is 11.9. The maximum atomic E-state index is 12.6. The van der Waals surface area contributed by atoms with Gasteiger partial charge in [0.1, 0.15) is 5.56 Å². The smallest absolute Gasteiger partial charge is 0.343 e. The highest BCUT2D eigenvalue weighted by molar-refractivity contribution is 8.01. The van der Waals surface area contributed by atoms with Gasteiger partial charge >= 0.3 is 5.97 Å². The number of aromatic nitrogens is 1. The number of benzene rings is 1. The van der Waals surface area contributed by atoms with Crippen LogP contribution in [0.5, 0.6) is 5.88 Å². The van der Waals surface area contributed by atoms with Gasteiger partial charge in [0.25, 0.3) is 0 Å². The minimum atomic E-state index is -0.716. The minimum absolute atomic E-state index is 0.141. The molecule has 0 saturated heterocycles. The molecule has 1 aromatic carbocycles. The second-order valence-electron chi connectivity index (χ2n) is 5.65. The Balaban J connectivity index is 2.17. The average Bonchev–Trinajstić information content (AvgIpc) is 2.61. The van der Waals surface area contributed by atoms with Crippen molar-refractivity contribution in [3.05, 3.63) is 48.2 Å². The summed E-state index contributed by atoms with van der Waals surface area (Å²) in [5, 5.41) is 2.79. The number of nitrogens with zero attached hydrogens (tertiary/aromatic N) is 1. The van der Waals surface area contributed by atoms with E-state index in [0.29, 0.717) is 5.69 Å². The topological polar surface area (TPSA) is 77.5 Å². The van der Waals surface area contributed by atoms with E-state index >= 15 is 0 Å². The number of hydrogen-bond acceptors (Lipinski definition) is 6. The zero-order valence-corrected chi connectivity index (χ0v) is 15.3. The second-order valence-corrected chi connectivity index (χ2v) is 7.35. The summed E-state index contributed by atoms with van der Waals surface area (Å²) in [6, 6.07) is 11.2. The number of thioether (sulfide) groups is 1. The number of methoxy groups -OCH3 is 2. The van der Waals surface area contributed by atoms with Crippen molar-refractivity contribution < 1.29 is 19.1 Å². The Labute approximate surface area is 150 Å². The summed E-state index contributed by atoms with van der Waals surface area (Å²) in [6.07, 6.45) is 1.44. The van der Waals surface area contributed by atoms with Crippen molar-refractivity contribution in [2.45, 2.75) is 23.5 Å². The van der Waals surface area contributed by atoms with Crippen molar-refractivity contribution in [2.75, 3.05) is 19.5 Å². The molecule has 0 aliphatic heterocycles. The molecule has 0 aliphatic carbocycles. The maximum Gasteiger partial charge on any atom is 0.343 e. The molecule has 0 unspecified atom stereocenters. The standard InChI is InChI=1S/C18H20N2O4S/c1-18(2,25-13-8-6-5-7-9-13)17(22)20-12-10-14(16(21)24-4)15(23-3)19-11-12/h5-11H,1-4H3,(H,20,22). The van der Waals surface area contributed by atoms with E-state index in [2.05, 4.69) is 10.3 Å². The molecular weight excluding hydrogens is 340 g/mol. The van der Waals surface area contributed by atoms with Crippen molar-refractivity contribution in [3.63, 3.8) is 0 Å². The van der Waals surface area contributed by atoms with E-state index in [1.54, 1.807) is 0 Å². The molecule has 0 bridgehead atoms. The van der Waals surface area contributed by atoms with Gasteiger partial charge in [0.05, 0.1) is 30.9 Å². The number of pyridine rings is 1. The number of ether oxygens (including phenoxy) is 2. The van der Waals surface area contributed by atoms with E-state index in [1.165, 1.54) is 38.2 Å². The Morgan fingerprint density at radius 1 is 1.16 bits per heavy atom. The van der Waals surface area contributed by atoms with Crippen molar-refractivity contribution in [3.8, 4) is 5.88 Å². The number of amides is 1. The second kappa shape index (κ2) is 8.02. The summed E-state index contributed by atoms with van der Waals surface area (Å²) < 4.78 is 9.04. The maximum absolute atomic E-state index is 12.6. The fraction of sp³-hybridized carbons (Fsp3) is 0.278. The van der Waals surface area contributed by atoms with Gasteiger partial charge in [-0.2, -0.15) is 0 Å². The van der Waals surface area contributed by atoms with Crippen LogP contribution in [0.15, 0.2) is 47.5 Å². The monoisotopic (exact) mass is 360 g/mol. The van der Waals surface area contributed by atoms with Crippen LogP contribution in [0.25, 0.3) is 0 Å². The number of hydrogen-bond donors (Lipinski definition) is 1. The molecule has 0 atom stereocenters. The lowest BCUT2D eigenvalue weighted by atomic mass is 10.2. The lowest BCUT2D eigenvalue weighted by Crippen LogP contribution is -2.34. The first-order valence-electron chi connectivity index (χ1n) is 7.55. The van der Waals surface area contributed by atoms with Gasteiger partial charge in [0, 0.05) is 4.90 Å². The molecule has 1 aromatic heterocycles. The Bertz CT molecular complexity index is 763. The zero-order chi connectivity index (χ0) is 18.4. The van der Waals surface area contributed by atoms with Gasteiger partial charge in [-0.1, -0.05) is 18.2 Å². The SMILES string of the molecule is COC(=O)c1cc(NC(=O)C(C)(C)Sc2ccccc2)cnc1OC. The third-order valence-electron chi connectivity index (χ3n) is 3.37. The predicted octanol–water partition coefficient (Wildman–Crippen LogP) is 3.39. The van der Waals surface area contributed by atoms with E-state index in [4.69, 9.17) is 9.47 Å². The summed E-state index contributed by atoms with van der Waals surface area (Å²) in [6.45, 7) is 3.66. The lowest BCUT2D eigenvalue weighted by Gasteiger charge is -2.23. The molecule has 6 nitrogen and oxygen atoms in total. The molecule has 7 heteroatoms. The van der Waals surface area contributed by atoms with Gasteiger partial charge in [-0.15, -0.1) is 11.8 Å². The van der Waals surface area contributed by atoms with Crippen LogP contribution < -0.4 is 10.1 Å². The van der Waals surface area contributed by atoms with E-state index in [9.17, 15) is 9.59 Å². The summed E-state index contributed by atoms with van der Waals surface area (Å²) >= 11 is 1.45. The summed E-state index contributed by atoms with van der Waals surface area (Å²) in [4.78, 5) is 29.5. The van der Waals surface area contributed by atoms with Crippen LogP contribution in [0.1, 0.15) is 24.2 Å². The first kappa shape index (κ1) is 18.8. The van der Waals surface area contributed by atoms with Gasteiger partial charge in [0.15, 0.2) is 0 Å². The molecule has 132 valence electrons. The highest BCUT2D eigenvalue weighted by atomic mass is 32.2. The molecule has 0 aliphatic rings. The predicted molar refractivity (Wildman–Crippen MR) is 97.1 cm³/mol. The Morgan fingerprint density at radius 2 is 1.84 bits per heavy atom. The van der Waals surface area contributed by atoms with E-state index < -0.39 is 10.7 Å². The summed E-state index contributed by atoms with van der Waals surface area (Å²) in [5.41, 5.74) is 0.546. The third kappa shape index (κ3) is 4.73. The van der Waals surface area contributed by atoms with Crippen LogP contribution in [0.3, 0.4) is 0 Å². The van der Waals surface area contributed by atoms with E-state index in [-0.39, 0.29) is 17.4 Å². The van der Waals surface area contributed by atoms with Crippen molar-refractivity contribution >= 4 is 29.3 Å². The van der Waals surface area contributed by atoms with Crippen LogP contribution in [0.4, 0.5) is 5.69 Å². The highest BCUT2D eigenvalue weighted by Crippen LogP contribution is 2.33. The Morgan fingerprint density at radius 3 is 2.44 bits per heavy atom. The molecule has 2 aromatic rings. The normalized spacial score (nSPS) is 10.9. The number of carbonyl (C=O) groups is 2.